The quantitative estimate of drug-likeness (QED) is 0.399. The van der Waals surface area contributed by atoms with Gasteiger partial charge in [0.2, 0.25) is 0 Å². The standard InChI is InChI=1S/C18H36N4O2/c1-18(2,22-10-5-4-6-11-22)15-21-17(19-3)20-9-7-12-24-16-8-13-23-14-16/h16H,4-15H2,1-3H3,(H2,19,20,21). The van der Waals surface area contributed by atoms with Gasteiger partial charge in [-0.25, -0.2) is 0 Å². The van der Waals surface area contributed by atoms with Crippen molar-refractivity contribution >= 4 is 5.96 Å². The zero-order chi connectivity index (χ0) is 17.3. The molecule has 6 nitrogen and oxygen atoms in total. The summed E-state index contributed by atoms with van der Waals surface area (Å²) in [6, 6.07) is 0. The summed E-state index contributed by atoms with van der Waals surface area (Å²) in [7, 11) is 1.83. The number of nitrogens with zero attached hydrogens (tertiary/aromatic N) is 2. The molecule has 0 bridgehead atoms. The van der Waals surface area contributed by atoms with E-state index in [1.807, 2.05) is 7.05 Å². The van der Waals surface area contributed by atoms with Gasteiger partial charge in [-0.1, -0.05) is 6.42 Å². The van der Waals surface area contributed by atoms with Gasteiger partial charge in [-0.3, -0.25) is 9.89 Å². The Hall–Kier alpha value is -0.850. The topological polar surface area (TPSA) is 58.1 Å². The first-order valence-corrected chi connectivity index (χ1v) is 9.51. The smallest absolute Gasteiger partial charge is 0.191 e. The minimum atomic E-state index is 0.156. The predicted molar refractivity (Wildman–Crippen MR) is 98.7 cm³/mol. The molecule has 2 aliphatic heterocycles. The van der Waals surface area contributed by atoms with Gasteiger partial charge in [-0.2, -0.15) is 0 Å². The summed E-state index contributed by atoms with van der Waals surface area (Å²) in [5, 5.41) is 6.85. The van der Waals surface area contributed by atoms with E-state index in [1.54, 1.807) is 0 Å². The van der Waals surface area contributed by atoms with E-state index in [-0.39, 0.29) is 5.54 Å². The lowest BCUT2D eigenvalue weighted by Gasteiger charge is -2.41. The van der Waals surface area contributed by atoms with Gasteiger partial charge in [0.05, 0.1) is 12.7 Å². The summed E-state index contributed by atoms with van der Waals surface area (Å²) in [5.74, 6) is 0.879. The first kappa shape index (κ1) is 19.5. The normalized spacial score (nSPS) is 23.5. The molecule has 2 aliphatic rings. The predicted octanol–water partition coefficient (Wildman–Crippen LogP) is 1.61. The monoisotopic (exact) mass is 340 g/mol. The summed E-state index contributed by atoms with van der Waals surface area (Å²) in [5.41, 5.74) is 0.156. The van der Waals surface area contributed by atoms with Crippen molar-refractivity contribution in [2.24, 2.45) is 4.99 Å². The number of nitrogens with one attached hydrogen (secondary N) is 2. The van der Waals surface area contributed by atoms with Crippen LogP contribution in [-0.4, -0.2) is 75.5 Å². The van der Waals surface area contributed by atoms with Crippen molar-refractivity contribution in [3.63, 3.8) is 0 Å². The summed E-state index contributed by atoms with van der Waals surface area (Å²) in [6.07, 6.45) is 6.32. The molecular formula is C18H36N4O2. The molecule has 140 valence electrons. The molecule has 1 atom stereocenters. The van der Waals surface area contributed by atoms with Crippen LogP contribution >= 0.6 is 0 Å². The minimum absolute atomic E-state index is 0.156. The fourth-order valence-electron chi connectivity index (χ4n) is 3.30. The van der Waals surface area contributed by atoms with Crippen LogP contribution in [0.15, 0.2) is 4.99 Å². The van der Waals surface area contributed by atoms with E-state index in [9.17, 15) is 0 Å². The highest BCUT2D eigenvalue weighted by Crippen LogP contribution is 2.19. The molecule has 0 aliphatic carbocycles. The summed E-state index contributed by atoms with van der Waals surface area (Å²) >= 11 is 0. The lowest BCUT2D eigenvalue weighted by Crippen LogP contribution is -2.54. The van der Waals surface area contributed by atoms with Gasteiger partial charge in [0.15, 0.2) is 5.96 Å². The molecular weight excluding hydrogens is 304 g/mol. The van der Waals surface area contributed by atoms with Crippen molar-refractivity contribution in [2.45, 2.75) is 57.6 Å². The fraction of sp³-hybridized carbons (Fsp3) is 0.944. The number of likely N-dealkylation sites (tertiary alicyclic amines) is 1. The Morgan fingerprint density at radius 2 is 2.04 bits per heavy atom. The number of hydrogen-bond acceptors (Lipinski definition) is 4. The van der Waals surface area contributed by atoms with Gasteiger partial charge in [-0.15, -0.1) is 0 Å². The van der Waals surface area contributed by atoms with Crippen molar-refractivity contribution in [2.75, 3.05) is 53.0 Å². The molecule has 1 unspecified atom stereocenters. The number of ether oxygens (including phenoxy) is 2. The highest BCUT2D eigenvalue weighted by molar-refractivity contribution is 5.79. The van der Waals surface area contributed by atoms with Crippen LogP contribution in [0.5, 0.6) is 0 Å². The maximum absolute atomic E-state index is 5.78. The van der Waals surface area contributed by atoms with E-state index in [1.165, 1.54) is 32.4 Å². The summed E-state index contributed by atoms with van der Waals surface area (Å²) < 4.78 is 11.1. The molecule has 0 aromatic carbocycles. The Morgan fingerprint density at radius 3 is 2.71 bits per heavy atom. The van der Waals surface area contributed by atoms with E-state index in [2.05, 4.69) is 34.4 Å². The van der Waals surface area contributed by atoms with Crippen LogP contribution in [0, 0.1) is 0 Å². The van der Waals surface area contributed by atoms with Gasteiger partial charge >= 0.3 is 0 Å². The van der Waals surface area contributed by atoms with Crippen molar-refractivity contribution in [3.05, 3.63) is 0 Å². The van der Waals surface area contributed by atoms with Crippen LogP contribution < -0.4 is 10.6 Å². The first-order chi connectivity index (χ1) is 11.6. The van der Waals surface area contributed by atoms with Crippen LogP contribution in [0.2, 0.25) is 0 Å². The van der Waals surface area contributed by atoms with Crippen molar-refractivity contribution in [1.29, 1.82) is 0 Å². The molecule has 2 heterocycles. The number of hydrogen-bond donors (Lipinski definition) is 2. The highest BCUT2D eigenvalue weighted by atomic mass is 16.5. The average Bonchev–Trinajstić information content (AvgIpc) is 3.11. The van der Waals surface area contributed by atoms with Crippen LogP contribution in [0.4, 0.5) is 0 Å². The zero-order valence-corrected chi connectivity index (χ0v) is 15.8. The van der Waals surface area contributed by atoms with Crippen LogP contribution in [0.1, 0.15) is 46.0 Å². The van der Waals surface area contributed by atoms with Crippen molar-refractivity contribution in [3.8, 4) is 0 Å². The molecule has 0 radical (unpaired) electrons. The Morgan fingerprint density at radius 1 is 1.25 bits per heavy atom. The molecule has 0 spiro atoms. The Kier molecular flexibility index (Phi) is 8.29. The van der Waals surface area contributed by atoms with Gasteiger partial charge in [0.1, 0.15) is 0 Å². The van der Waals surface area contributed by atoms with Crippen LogP contribution in [0.3, 0.4) is 0 Å². The van der Waals surface area contributed by atoms with E-state index in [4.69, 9.17) is 9.47 Å². The largest absolute Gasteiger partial charge is 0.379 e. The first-order valence-electron chi connectivity index (χ1n) is 9.51. The molecule has 6 heteroatoms. The molecule has 24 heavy (non-hydrogen) atoms. The molecule has 0 saturated carbocycles. The maximum atomic E-state index is 5.78. The molecule has 2 fully saturated rings. The second-order valence-electron chi connectivity index (χ2n) is 7.42. The summed E-state index contributed by atoms with van der Waals surface area (Å²) in [4.78, 5) is 6.92. The Labute approximate surface area is 147 Å². The number of aliphatic imine (C=N–C) groups is 1. The lowest BCUT2D eigenvalue weighted by molar-refractivity contribution is 0.0419. The van der Waals surface area contributed by atoms with Gasteiger partial charge in [0.25, 0.3) is 0 Å². The molecule has 0 aromatic rings. The second-order valence-corrected chi connectivity index (χ2v) is 7.42. The number of piperidine rings is 1. The SMILES string of the molecule is CN=C(NCCCOC1CCOC1)NCC(C)(C)N1CCCCC1. The van der Waals surface area contributed by atoms with E-state index >= 15 is 0 Å². The van der Waals surface area contributed by atoms with E-state index in [0.29, 0.717) is 6.10 Å². The van der Waals surface area contributed by atoms with Crippen LogP contribution in [-0.2, 0) is 9.47 Å². The Balaban J connectivity index is 1.59. The molecule has 2 N–H and O–H groups in total. The maximum Gasteiger partial charge on any atom is 0.191 e. The molecule has 0 aromatic heterocycles. The highest BCUT2D eigenvalue weighted by Gasteiger charge is 2.27. The number of rotatable bonds is 8. The minimum Gasteiger partial charge on any atom is -0.379 e. The van der Waals surface area contributed by atoms with Crippen LogP contribution in [0.25, 0.3) is 0 Å². The number of guanidine groups is 1. The molecule has 0 amide bonds. The van der Waals surface area contributed by atoms with Gasteiger partial charge < -0.3 is 20.1 Å². The van der Waals surface area contributed by atoms with E-state index in [0.717, 1.165) is 51.7 Å². The lowest BCUT2D eigenvalue weighted by atomic mass is 9.98. The van der Waals surface area contributed by atoms with Gasteiger partial charge in [-0.05, 0) is 52.6 Å². The second kappa shape index (κ2) is 10.2. The third-order valence-electron chi connectivity index (χ3n) is 4.98. The Bertz CT molecular complexity index is 375. The third-order valence-corrected chi connectivity index (χ3v) is 4.98. The fourth-order valence-corrected chi connectivity index (χ4v) is 3.30. The van der Waals surface area contributed by atoms with Crippen molar-refractivity contribution < 1.29 is 9.47 Å². The summed E-state index contributed by atoms with van der Waals surface area (Å²) in [6.45, 7) is 11.2. The zero-order valence-electron chi connectivity index (χ0n) is 15.8. The van der Waals surface area contributed by atoms with Crippen molar-refractivity contribution in [1.82, 2.24) is 15.5 Å². The average molecular weight is 341 g/mol. The van der Waals surface area contributed by atoms with E-state index < -0.39 is 0 Å². The third kappa shape index (κ3) is 6.57. The molecule has 2 rings (SSSR count). The molecule has 2 saturated heterocycles. The van der Waals surface area contributed by atoms with Gasteiger partial charge in [0, 0.05) is 38.9 Å².